The van der Waals surface area contributed by atoms with Gasteiger partial charge in [-0.15, -0.1) is 0 Å². The van der Waals surface area contributed by atoms with Crippen LogP contribution in [0.4, 0.5) is 0 Å². The monoisotopic (exact) mass is 222 g/mol. The highest BCUT2D eigenvalue weighted by molar-refractivity contribution is 5.91. The largest absolute Gasteiger partial charge is 0.507 e. The van der Waals surface area contributed by atoms with Gasteiger partial charge in [-0.1, -0.05) is 38.3 Å². The van der Waals surface area contributed by atoms with Gasteiger partial charge in [0.1, 0.15) is 11.3 Å². The number of carbonyl (C=O) groups is 1. The van der Waals surface area contributed by atoms with Crippen molar-refractivity contribution in [2.45, 2.75) is 39.0 Å². The first-order valence-electron chi connectivity index (χ1n) is 5.71. The van der Waals surface area contributed by atoms with Crippen LogP contribution >= 0.6 is 0 Å². The summed E-state index contributed by atoms with van der Waals surface area (Å²) in [5.74, 6) is -1.15. The number of hydrogen-bond acceptors (Lipinski definition) is 2. The van der Waals surface area contributed by atoms with Crippen LogP contribution in [-0.4, -0.2) is 16.2 Å². The average molecular weight is 222 g/mol. The third-order valence-corrected chi connectivity index (χ3v) is 2.65. The van der Waals surface area contributed by atoms with E-state index in [2.05, 4.69) is 6.92 Å². The van der Waals surface area contributed by atoms with Crippen LogP contribution in [0.1, 0.15) is 48.5 Å². The molecular formula is C13H18O3. The summed E-state index contributed by atoms with van der Waals surface area (Å²) < 4.78 is 0. The van der Waals surface area contributed by atoms with E-state index < -0.39 is 5.97 Å². The highest BCUT2D eigenvalue weighted by atomic mass is 16.4. The highest BCUT2D eigenvalue weighted by Gasteiger charge is 2.12. The topological polar surface area (TPSA) is 57.5 Å². The molecule has 88 valence electrons. The molecule has 0 aliphatic heterocycles. The molecule has 1 aromatic rings. The molecule has 0 heterocycles. The fourth-order valence-electron chi connectivity index (χ4n) is 1.71. The molecule has 0 aliphatic carbocycles. The molecule has 0 saturated heterocycles. The molecule has 0 aliphatic rings. The Morgan fingerprint density at radius 3 is 2.62 bits per heavy atom. The summed E-state index contributed by atoms with van der Waals surface area (Å²) in [7, 11) is 0. The molecule has 0 atom stereocenters. The van der Waals surface area contributed by atoms with Crippen molar-refractivity contribution in [3.63, 3.8) is 0 Å². The number of aromatic carboxylic acids is 1. The summed E-state index contributed by atoms with van der Waals surface area (Å²) in [5.41, 5.74) is 0.726. The van der Waals surface area contributed by atoms with Crippen LogP contribution in [0.3, 0.4) is 0 Å². The quantitative estimate of drug-likeness (QED) is 0.726. The van der Waals surface area contributed by atoms with E-state index in [-0.39, 0.29) is 11.3 Å². The van der Waals surface area contributed by atoms with E-state index in [4.69, 9.17) is 5.11 Å². The second-order valence-electron chi connectivity index (χ2n) is 3.93. The zero-order valence-electron chi connectivity index (χ0n) is 9.57. The standard InChI is InChI=1S/C13H18O3/c1-2-3-4-5-7-10-8-6-9-11(12(10)14)13(15)16/h6,8-9,14H,2-5,7H2,1H3,(H,15,16). The number of rotatable bonds is 6. The average Bonchev–Trinajstić information content (AvgIpc) is 2.26. The Morgan fingerprint density at radius 1 is 1.25 bits per heavy atom. The van der Waals surface area contributed by atoms with E-state index >= 15 is 0 Å². The number of aryl methyl sites for hydroxylation is 1. The summed E-state index contributed by atoms with van der Waals surface area (Å²) >= 11 is 0. The molecule has 0 saturated carbocycles. The molecule has 1 rings (SSSR count). The van der Waals surface area contributed by atoms with Crippen molar-refractivity contribution in [1.82, 2.24) is 0 Å². The van der Waals surface area contributed by atoms with E-state index in [0.29, 0.717) is 0 Å². The third-order valence-electron chi connectivity index (χ3n) is 2.65. The Kier molecular flexibility index (Phi) is 4.83. The predicted molar refractivity (Wildman–Crippen MR) is 62.9 cm³/mol. The van der Waals surface area contributed by atoms with E-state index in [1.54, 1.807) is 12.1 Å². The van der Waals surface area contributed by atoms with E-state index in [0.717, 1.165) is 24.8 Å². The number of phenols is 1. The van der Waals surface area contributed by atoms with Gasteiger partial charge in [0.15, 0.2) is 0 Å². The summed E-state index contributed by atoms with van der Waals surface area (Å²) in [4.78, 5) is 10.8. The van der Waals surface area contributed by atoms with Crippen LogP contribution in [0, 0.1) is 0 Å². The zero-order valence-corrected chi connectivity index (χ0v) is 9.57. The minimum Gasteiger partial charge on any atom is -0.507 e. The maximum absolute atomic E-state index is 10.8. The number of hydrogen-bond donors (Lipinski definition) is 2. The minimum atomic E-state index is -1.08. The SMILES string of the molecule is CCCCCCc1cccc(C(=O)O)c1O. The fourth-order valence-corrected chi connectivity index (χ4v) is 1.71. The number of para-hydroxylation sites is 1. The highest BCUT2D eigenvalue weighted by Crippen LogP contribution is 2.24. The minimum absolute atomic E-state index is 0.00649. The van der Waals surface area contributed by atoms with Gasteiger partial charge in [0.25, 0.3) is 0 Å². The molecule has 3 nitrogen and oxygen atoms in total. The molecule has 0 aromatic heterocycles. The van der Waals surface area contributed by atoms with Crippen LogP contribution in [0.25, 0.3) is 0 Å². The van der Waals surface area contributed by atoms with Gasteiger partial charge in [0.2, 0.25) is 0 Å². The third kappa shape index (κ3) is 3.26. The van der Waals surface area contributed by atoms with Gasteiger partial charge in [0.05, 0.1) is 0 Å². The van der Waals surface area contributed by atoms with Gasteiger partial charge in [-0.05, 0) is 24.5 Å². The van der Waals surface area contributed by atoms with E-state index in [9.17, 15) is 9.90 Å². The van der Waals surface area contributed by atoms with E-state index in [1.165, 1.54) is 18.9 Å². The van der Waals surface area contributed by atoms with Crippen molar-refractivity contribution in [3.05, 3.63) is 29.3 Å². The van der Waals surface area contributed by atoms with Crippen LogP contribution in [0.15, 0.2) is 18.2 Å². The second-order valence-corrected chi connectivity index (χ2v) is 3.93. The van der Waals surface area contributed by atoms with Crippen molar-refractivity contribution >= 4 is 5.97 Å². The molecule has 0 bridgehead atoms. The lowest BCUT2D eigenvalue weighted by atomic mass is 10.0. The van der Waals surface area contributed by atoms with Crippen LogP contribution in [-0.2, 0) is 6.42 Å². The van der Waals surface area contributed by atoms with Gasteiger partial charge >= 0.3 is 5.97 Å². The van der Waals surface area contributed by atoms with Crippen LogP contribution in [0.5, 0.6) is 5.75 Å². The summed E-state index contributed by atoms with van der Waals surface area (Å²) in [6.45, 7) is 2.14. The molecule has 0 amide bonds. The van der Waals surface area contributed by atoms with Crippen molar-refractivity contribution in [3.8, 4) is 5.75 Å². The van der Waals surface area contributed by atoms with Crippen molar-refractivity contribution in [1.29, 1.82) is 0 Å². The lowest BCUT2D eigenvalue weighted by Gasteiger charge is -2.06. The van der Waals surface area contributed by atoms with Gasteiger partial charge in [0, 0.05) is 0 Å². The smallest absolute Gasteiger partial charge is 0.339 e. The number of carboxylic acids is 1. The number of carboxylic acid groups (broad SMARTS) is 1. The van der Waals surface area contributed by atoms with Crippen molar-refractivity contribution in [2.24, 2.45) is 0 Å². The van der Waals surface area contributed by atoms with Gasteiger partial charge in [-0.2, -0.15) is 0 Å². The van der Waals surface area contributed by atoms with Crippen LogP contribution < -0.4 is 0 Å². The molecule has 16 heavy (non-hydrogen) atoms. The lowest BCUT2D eigenvalue weighted by Crippen LogP contribution is -1.99. The Balaban J connectivity index is 2.66. The first kappa shape index (κ1) is 12.6. The zero-order chi connectivity index (χ0) is 12.0. The lowest BCUT2D eigenvalue weighted by molar-refractivity contribution is 0.0693. The maximum Gasteiger partial charge on any atom is 0.339 e. The molecule has 0 spiro atoms. The molecule has 1 aromatic carbocycles. The predicted octanol–water partition coefficient (Wildman–Crippen LogP) is 3.21. The molecule has 3 heteroatoms. The van der Waals surface area contributed by atoms with Gasteiger partial charge in [-0.25, -0.2) is 4.79 Å². The van der Waals surface area contributed by atoms with Crippen molar-refractivity contribution in [2.75, 3.05) is 0 Å². The maximum atomic E-state index is 10.8. The Labute approximate surface area is 95.7 Å². The number of benzene rings is 1. The van der Waals surface area contributed by atoms with Gasteiger partial charge in [-0.3, -0.25) is 0 Å². The Hall–Kier alpha value is -1.51. The molecule has 0 radical (unpaired) electrons. The van der Waals surface area contributed by atoms with Gasteiger partial charge < -0.3 is 10.2 Å². The van der Waals surface area contributed by atoms with Crippen molar-refractivity contribution < 1.29 is 15.0 Å². The normalized spacial score (nSPS) is 10.3. The second kappa shape index (κ2) is 6.16. The first-order valence-corrected chi connectivity index (χ1v) is 5.71. The summed E-state index contributed by atoms with van der Waals surface area (Å²) in [6.07, 6.45) is 5.20. The molecule has 0 fully saturated rings. The Morgan fingerprint density at radius 2 is 2.00 bits per heavy atom. The fraction of sp³-hybridized carbons (Fsp3) is 0.462. The molecule has 0 unspecified atom stereocenters. The summed E-state index contributed by atoms with van der Waals surface area (Å²) in [5, 5.41) is 18.6. The number of unbranched alkanes of at least 4 members (excludes halogenated alkanes) is 3. The van der Waals surface area contributed by atoms with Crippen LogP contribution in [0.2, 0.25) is 0 Å². The molecule has 2 N–H and O–H groups in total. The Bertz CT molecular complexity index is 358. The molecular weight excluding hydrogens is 204 g/mol. The first-order chi connectivity index (χ1) is 7.66. The summed E-state index contributed by atoms with van der Waals surface area (Å²) in [6, 6.07) is 4.89. The number of aromatic hydroxyl groups is 1. The van der Waals surface area contributed by atoms with E-state index in [1.807, 2.05) is 0 Å².